The highest BCUT2D eigenvalue weighted by Gasteiger charge is 2.58. The largest absolute Gasteiger partial charge is 0.485 e. The Labute approximate surface area is 184 Å². The molecule has 1 saturated carbocycles. The summed E-state index contributed by atoms with van der Waals surface area (Å²) in [6.45, 7) is -0.0329. The summed E-state index contributed by atoms with van der Waals surface area (Å²) in [7, 11) is 0. The lowest BCUT2D eigenvalue weighted by Gasteiger charge is -2.29. The fraction of sp³-hybridized carbons (Fsp3) is 0.550. The molecule has 1 aliphatic heterocycles. The number of nitrogens with one attached hydrogen (secondary N) is 3. The zero-order chi connectivity index (χ0) is 24.8. The molecule has 0 aromatic heterocycles. The van der Waals surface area contributed by atoms with Crippen molar-refractivity contribution in [3.63, 3.8) is 0 Å². The van der Waals surface area contributed by atoms with Gasteiger partial charge in [0.05, 0.1) is 12.2 Å². The summed E-state index contributed by atoms with van der Waals surface area (Å²) in [5, 5.41) is 6.20. The molecule has 0 spiro atoms. The molecule has 2 atom stereocenters. The van der Waals surface area contributed by atoms with Crippen LogP contribution < -0.4 is 20.7 Å². The first-order valence-electron chi connectivity index (χ1n) is 9.94. The molecule has 1 fully saturated rings. The second-order valence-corrected chi connectivity index (χ2v) is 8.51. The molecule has 3 N–H and O–H groups in total. The molecule has 3 rings (SSSR count). The molecule has 0 saturated heterocycles. The molecule has 0 unspecified atom stereocenters. The van der Waals surface area contributed by atoms with Crippen LogP contribution in [0.15, 0.2) is 18.2 Å². The van der Waals surface area contributed by atoms with E-state index >= 15 is 0 Å². The molecule has 182 valence electrons. The highest BCUT2D eigenvalue weighted by molar-refractivity contribution is 6.07. The van der Waals surface area contributed by atoms with Crippen LogP contribution in [0.1, 0.15) is 26.7 Å². The van der Waals surface area contributed by atoms with E-state index < -0.39 is 59.7 Å². The van der Waals surface area contributed by atoms with Crippen molar-refractivity contribution in [3.05, 3.63) is 24.0 Å². The Kier molecular flexibility index (Phi) is 6.28. The molecule has 0 radical (unpaired) electrons. The Morgan fingerprint density at radius 1 is 1.12 bits per heavy atom. The maximum Gasteiger partial charge on any atom is 0.455 e. The van der Waals surface area contributed by atoms with E-state index in [2.05, 4.69) is 10.6 Å². The standard InChI is InChI=1S/C20H21F6N3O4/c1-18(2,16(31)27-8-19(22,23)20(24,25)26)17(32)29-13-14(9-3-4-9)33-12-6-5-10(21)7-11(12)28-15(13)30/h5-7,9,13-14H,3-4,8H2,1-2H3,(H,27,31)(H,28,30)(H,29,32)/t13-,14+/m0/s1. The van der Waals surface area contributed by atoms with E-state index in [-0.39, 0.29) is 17.4 Å². The van der Waals surface area contributed by atoms with Crippen molar-refractivity contribution in [1.29, 1.82) is 0 Å². The number of rotatable bonds is 6. The zero-order valence-corrected chi connectivity index (χ0v) is 17.5. The van der Waals surface area contributed by atoms with Crippen LogP contribution in [0.25, 0.3) is 0 Å². The SMILES string of the molecule is CC(C)(C(=O)NCC(F)(F)C(F)(F)F)C(=O)N[C@@H]1C(=O)Nc2cc(F)ccc2O[C@@H]1C1CC1. The molecule has 2 aliphatic rings. The number of halogens is 6. The minimum Gasteiger partial charge on any atom is -0.485 e. The predicted molar refractivity (Wildman–Crippen MR) is 102 cm³/mol. The lowest BCUT2D eigenvalue weighted by Crippen LogP contribution is -2.58. The van der Waals surface area contributed by atoms with Crippen LogP contribution in [-0.4, -0.2) is 48.5 Å². The van der Waals surface area contributed by atoms with E-state index in [9.17, 15) is 40.7 Å². The highest BCUT2D eigenvalue weighted by atomic mass is 19.4. The second kappa shape index (κ2) is 8.41. The van der Waals surface area contributed by atoms with Crippen molar-refractivity contribution in [2.75, 3.05) is 11.9 Å². The number of carbonyl (C=O) groups is 3. The van der Waals surface area contributed by atoms with Gasteiger partial charge in [0.2, 0.25) is 11.8 Å². The summed E-state index contributed by atoms with van der Waals surface area (Å²) in [5.41, 5.74) is -2.07. The quantitative estimate of drug-likeness (QED) is 0.430. The molecule has 1 aromatic rings. The Balaban J connectivity index is 1.74. The van der Waals surface area contributed by atoms with Gasteiger partial charge in [-0.3, -0.25) is 14.4 Å². The van der Waals surface area contributed by atoms with Gasteiger partial charge >= 0.3 is 12.1 Å². The van der Waals surface area contributed by atoms with Crippen molar-refractivity contribution in [2.45, 2.75) is 50.9 Å². The average Bonchev–Trinajstić information content (AvgIpc) is 3.54. The fourth-order valence-electron chi connectivity index (χ4n) is 3.16. The van der Waals surface area contributed by atoms with E-state index in [1.165, 1.54) is 11.4 Å². The summed E-state index contributed by atoms with van der Waals surface area (Å²) in [6.07, 6.45) is -5.39. The predicted octanol–water partition coefficient (Wildman–Crippen LogP) is 2.76. The lowest BCUT2D eigenvalue weighted by atomic mass is 9.90. The molecule has 0 bridgehead atoms. The van der Waals surface area contributed by atoms with Crippen LogP contribution in [-0.2, 0) is 14.4 Å². The summed E-state index contributed by atoms with van der Waals surface area (Å²) in [5.74, 6) is -9.04. The Bertz CT molecular complexity index is 962. The number of alkyl halides is 5. The van der Waals surface area contributed by atoms with Gasteiger partial charge in [0.15, 0.2) is 0 Å². The normalized spacial score (nSPS) is 21.3. The molecule has 3 amide bonds. The van der Waals surface area contributed by atoms with Gasteiger partial charge in [-0.2, -0.15) is 22.0 Å². The average molecular weight is 481 g/mol. The molecule has 7 nitrogen and oxygen atoms in total. The minimum atomic E-state index is -5.88. The summed E-state index contributed by atoms with van der Waals surface area (Å²) >= 11 is 0. The van der Waals surface area contributed by atoms with E-state index in [1.807, 2.05) is 0 Å². The van der Waals surface area contributed by atoms with Crippen LogP contribution >= 0.6 is 0 Å². The van der Waals surface area contributed by atoms with Gasteiger partial charge in [-0.1, -0.05) is 0 Å². The van der Waals surface area contributed by atoms with Crippen LogP contribution in [0.4, 0.5) is 32.0 Å². The topological polar surface area (TPSA) is 96.5 Å². The third-order valence-corrected chi connectivity index (χ3v) is 5.47. The van der Waals surface area contributed by atoms with Crippen molar-refractivity contribution in [3.8, 4) is 5.75 Å². The molecule has 1 aliphatic carbocycles. The third kappa shape index (κ3) is 5.17. The van der Waals surface area contributed by atoms with Crippen molar-refractivity contribution in [2.24, 2.45) is 11.3 Å². The van der Waals surface area contributed by atoms with Crippen LogP contribution in [0.3, 0.4) is 0 Å². The van der Waals surface area contributed by atoms with Crippen molar-refractivity contribution in [1.82, 2.24) is 10.6 Å². The highest BCUT2D eigenvalue weighted by Crippen LogP contribution is 2.40. The number of benzene rings is 1. The Hall–Kier alpha value is -2.99. The van der Waals surface area contributed by atoms with Gasteiger partial charge in [0.25, 0.3) is 5.91 Å². The smallest absolute Gasteiger partial charge is 0.455 e. The van der Waals surface area contributed by atoms with Crippen molar-refractivity contribution >= 4 is 23.4 Å². The van der Waals surface area contributed by atoms with Gasteiger partial charge in [-0.15, -0.1) is 0 Å². The summed E-state index contributed by atoms with van der Waals surface area (Å²) in [4.78, 5) is 37.8. The number of carbonyl (C=O) groups excluding carboxylic acids is 3. The number of hydrogen-bond acceptors (Lipinski definition) is 4. The summed E-state index contributed by atoms with van der Waals surface area (Å²) in [6, 6.07) is 2.13. The minimum absolute atomic E-state index is 0.0359. The number of ether oxygens (including phenoxy) is 1. The zero-order valence-electron chi connectivity index (χ0n) is 17.5. The van der Waals surface area contributed by atoms with Crippen LogP contribution in [0, 0.1) is 17.2 Å². The van der Waals surface area contributed by atoms with E-state index in [4.69, 9.17) is 4.74 Å². The maximum atomic E-state index is 13.6. The monoisotopic (exact) mass is 481 g/mol. The first-order chi connectivity index (χ1) is 15.1. The number of amides is 3. The van der Waals surface area contributed by atoms with Gasteiger partial charge in [0, 0.05) is 6.07 Å². The van der Waals surface area contributed by atoms with E-state index in [0.717, 1.165) is 26.0 Å². The first kappa shape index (κ1) is 24.6. The van der Waals surface area contributed by atoms with Gasteiger partial charge in [0.1, 0.15) is 29.1 Å². The fourth-order valence-corrected chi connectivity index (χ4v) is 3.16. The van der Waals surface area contributed by atoms with Gasteiger partial charge < -0.3 is 20.7 Å². The Morgan fingerprint density at radius 2 is 1.76 bits per heavy atom. The van der Waals surface area contributed by atoms with Crippen LogP contribution in [0.5, 0.6) is 5.75 Å². The van der Waals surface area contributed by atoms with E-state index in [0.29, 0.717) is 12.8 Å². The maximum absolute atomic E-state index is 13.6. The van der Waals surface area contributed by atoms with Crippen LogP contribution in [0.2, 0.25) is 0 Å². The summed E-state index contributed by atoms with van der Waals surface area (Å²) < 4.78 is 82.6. The first-order valence-corrected chi connectivity index (χ1v) is 9.94. The van der Waals surface area contributed by atoms with Gasteiger partial charge in [-0.05, 0) is 44.7 Å². The molecular weight excluding hydrogens is 460 g/mol. The van der Waals surface area contributed by atoms with Gasteiger partial charge in [-0.25, -0.2) is 4.39 Å². The molecule has 13 heteroatoms. The number of anilines is 1. The lowest BCUT2D eigenvalue weighted by molar-refractivity contribution is -0.278. The second-order valence-electron chi connectivity index (χ2n) is 8.51. The Morgan fingerprint density at radius 3 is 2.33 bits per heavy atom. The van der Waals surface area contributed by atoms with Crippen molar-refractivity contribution < 1.29 is 45.5 Å². The number of hydrogen-bond donors (Lipinski definition) is 3. The molecular formula is C20H21F6N3O4. The van der Waals surface area contributed by atoms with E-state index in [1.54, 1.807) is 0 Å². The third-order valence-electron chi connectivity index (χ3n) is 5.47. The molecule has 1 aromatic carbocycles. The number of fused-ring (bicyclic) bond motifs is 1. The molecule has 1 heterocycles. The molecule has 33 heavy (non-hydrogen) atoms.